The molecule has 0 amide bonds. The first-order valence-electron chi connectivity index (χ1n) is 4.75. The van der Waals surface area contributed by atoms with Crippen LogP contribution in [0.5, 0.6) is 6.01 Å². The number of para-hydroxylation sites is 1. The molecule has 0 fully saturated rings. The van der Waals surface area contributed by atoms with E-state index in [9.17, 15) is 9.18 Å². The molecule has 17 heavy (non-hydrogen) atoms. The van der Waals surface area contributed by atoms with Gasteiger partial charge in [-0.2, -0.15) is 0 Å². The number of aromatic carboxylic acids is 1. The van der Waals surface area contributed by atoms with Crippen molar-refractivity contribution in [1.29, 1.82) is 0 Å². The molecule has 2 rings (SSSR count). The first-order valence-corrected chi connectivity index (χ1v) is 4.75. The summed E-state index contributed by atoms with van der Waals surface area (Å²) in [6, 6.07) is 5.82. The second-order valence-electron chi connectivity index (χ2n) is 3.22. The van der Waals surface area contributed by atoms with E-state index < -0.39 is 11.8 Å². The Labute approximate surface area is 96.1 Å². The average Bonchev–Trinajstić information content (AvgIpc) is 2.73. The van der Waals surface area contributed by atoms with Crippen molar-refractivity contribution in [2.24, 2.45) is 0 Å². The Morgan fingerprint density at radius 3 is 2.76 bits per heavy atom. The second kappa shape index (κ2) is 4.25. The highest BCUT2D eigenvalue weighted by molar-refractivity contribution is 5.86. The van der Waals surface area contributed by atoms with Crippen LogP contribution in [0.2, 0.25) is 0 Å². The van der Waals surface area contributed by atoms with Crippen LogP contribution < -0.4 is 4.74 Å². The molecule has 1 N–H and O–H groups in total. The van der Waals surface area contributed by atoms with Gasteiger partial charge in [0.05, 0.1) is 19.0 Å². The fraction of sp³-hybridized carbons (Fsp3) is 0.0909. The number of hydrogen-bond acceptors (Lipinski definition) is 3. The molecule has 0 atom stereocenters. The monoisotopic (exact) mass is 236 g/mol. The Morgan fingerprint density at radius 2 is 2.18 bits per heavy atom. The molecule has 2 aromatic rings. The molecule has 0 radical (unpaired) electrons. The molecule has 0 unspecified atom stereocenters. The van der Waals surface area contributed by atoms with E-state index in [1.807, 2.05) is 0 Å². The molecule has 5 nitrogen and oxygen atoms in total. The lowest BCUT2D eigenvalue weighted by Crippen LogP contribution is -2.09. The third-order valence-electron chi connectivity index (χ3n) is 2.22. The highest BCUT2D eigenvalue weighted by atomic mass is 19.1. The van der Waals surface area contributed by atoms with E-state index in [1.54, 1.807) is 6.07 Å². The van der Waals surface area contributed by atoms with Crippen molar-refractivity contribution in [2.75, 3.05) is 7.11 Å². The van der Waals surface area contributed by atoms with E-state index in [1.165, 1.54) is 25.3 Å². The molecule has 1 aromatic heterocycles. The van der Waals surface area contributed by atoms with Gasteiger partial charge in [-0.3, -0.25) is 4.57 Å². The number of hydrogen-bond donors (Lipinski definition) is 1. The summed E-state index contributed by atoms with van der Waals surface area (Å²) < 4.78 is 19.6. The number of rotatable bonds is 3. The molecule has 1 heterocycles. The highest BCUT2D eigenvalue weighted by Crippen LogP contribution is 2.22. The van der Waals surface area contributed by atoms with Crippen LogP contribution in [-0.4, -0.2) is 27.7 Å². The van der Waals surface area contributed by atoms with Crippen molar-refractivity contribution in [1.82, 2.24) is 9.55 Å². The van der Waals surface area contributed by atoms with Gasteiger partial charge in [-0.25, -0.2) is 14.2 Å². The van der Waals surface area contributed by atoms with E-state index >= 15 is 0 Å². The zero-order valence-corrected chi connectivity index (χ0v) is 8.92. The van der Waals surface area contributed by atoms with Crippen LogP contribution in [0.3, 0.4) is 0 Å². The summed E-state index contributed by atoms with van der Waals surface area (Å²) in [4.78, 5) is 14.8. The molecular formula is C11H9FN2O3. The molecule has 0 saturated carbocycles. The van der Waals surface area contributed by atoms with Crippen LogP contribution in [0, 0.1) is 5.82 Å². The van der Waals surface area contributed by atoms with Crippen LogP contribution in [0.25, 0.3) is 5.69 Å². The minimum atomic E-state index is -1.20. The standard InChI is InChI=1S/C11H9FN2O3/c1-17-11-13-6-9(10(15)16)14(11)8-5-3-2-4-7(8)12/h2-6H,1H3,(H,15,16). The predicted octanol–water partition coefficient (Wildman–Crippen LogP) is 1.72. The summed E-state index contributed by atoms with van der Waals surface area (Å²) >= 11 is 0. The summed E-state index contributed by atoms with van der Waals surface area (Å²) in [6.07, 6.45) is 1.12. The van der Waals surface area contributed by atoms with E-state index in [2.05, 4.69) is 4.98 Å². The highest BCUT2D eigenvalue weighted by Gasteiger charge is 2.19. The van der Waals surface area contributed by atoms with Crippen molar-refractivity contribution in [3.63, 3.8) is 0 Å². The van der Waals surface area contributed by atoms with Crippen molar-refractivity contribution in [3.8, 4) is 11.7 Å². The van der Waals surface area contributed by atoms with Crippen molar-refractivity contribution in [2.45, 2.75) is 0 Å². The number of carboxylic acids is 1. The van der Waals surface area contributed by atoms with Crippen LogP contribution >= 0.6 is 0 Å². The maximum Gasteiger partial charge on any atom is 0.354 e. The van der Waals surface area contributed by atoms with Crippen LogP contribution in [-0.2, 0) is 0 Å². The van der Waals surface area contributed by atoms with Gasteiger partial charge in [0.15, 0.2) is 5.69 Å². The van der Waals surface area contributed by atoms with Crippen LogP contribution in [0.1, 0.15) is 10.5 Å². The summed E-state index contributed by atoms with van der Waals surface area (Å²) in [5, 5.41) is 8.99. The number of aromatic nitrogens is 2. The van der Waals surface area contributed by atoms with E-state index in [0.29, 0.717) is 0 Å². The summed E-state index contributed by atoms with van der Waals surface area (Å²) in [7, 11) is 1.34. The second-order valence-corrected chi connectivity index (χ2v) is 3.22. The van der Waals surface area contributed by atoms with Gasteiger partial charge in [0.2, 0.25) is 0 Å². The third kappa shape index (κ3) is 1.84. The van der Waals surface area contributed by atoms with Crippen LogP contribution in [0.15, 0.2) is 30.5 Å². The Bertz CT molecular complexity index is 566. The number of halogens is 1. The van der Waals surface area contributed by atoms with Crippen molar-refractivity contribution >= 4 is 5.97 Å². The topological polar surface area (TPSA) is 64.3 Å². The first-order chi connectivity index (χ1) is 8.15. The van der Waals surface area contributed by atoms with Gasteiger partial charge in [0.25, 0.3) is 0 Å². The number of benzene rings is 1. The third-order valence-corrected chi connectivity index (χ3v) is 2.22. The lowest BCUT2D eigenvalue weighted by molar-refractivity contribution is 0.0687. The number of methoxy groups -OCH3 is 1. The SMILES string of the molecule is COc1ncc(C(=O)O)n1-c1ccccc1F. The fourth-order valence-electron chi connectivity index (χ4n) is 1.50. The quantitative estimate of drug-likeness (QED) is 0.881. The van der Waals surface area contributed by atoms with Gasteiger partial charge in [0, 0.05) is 0 Å². The number of nitrogens with zero attached hydrogens (tertiary/aromatic N) is 2. The Hall–Kier alpha value is -2.37. The molecule has 6 heteroatoms. The Kier molecular flexibility index (Phi) is 2.78. The molecule has 0 spiro atoms. The van der Waals surface area contributed by atoms with Crippen molar-refractivity contribution < 1.29 is 19.0 Å². The Balaban J connectivity index is 2.69. The molecule has 0 aliphatic carbocycles. The van der Waals surface area contributed by atoms with Gasteiger partial charge in [-0.05, 0) is 12.1 Å². The normalized spacial score (nSPS) is 10.2. The molecule has 88 valence electrons. The minimum absolute atomic E-state index is 0.0208. The van der Waals surface area contributed by atoms with E-state index in [0.717, 1.165) is 10.8 Å². The first kappa shape index (κ1) is 11.1. The fourth-order valence-corrected chi connectivity index (χ4v) is 1.50. The van der Waals surface area contributed by atoms with Gasteiger partial charge < -0.3 is 9.84 Å². The van der Waals surface area contributed by atoms with Gasteiger partial charge in [0.1, 0.15) is 5.82 Å². The van der Waals surface area contributed by atoms with Gasteiger partial charge in [-0.15, -0.1) is 0 Å². The van der Waals surface area contributed by atoms with Gasteiger partial charge in [-0.1, -0.05) is 12.1 Å². The molecule has 0 saturated heterocycles. The maximum atomic E-state index is 13.6. The smallest absolute Gasteiger partial charge is 0.354 e. The van der Waals surface area contributed by atoms with Gasteiger partial charge >= 0.3 is 12.0 Å². The molecular weight excluding hydrogens is 227 g/mol. The van der Waals surface area contributed by atoms with Crippen LogP contribution in [0.4, 0.5) is 4.39 Å². The lowest BCUT2D eigenvalue weighted by atomic mass is 10.3. The lowest BCUT2D eigenvalue weighted by Gasteiger charge is -2.09. The average molecular weight is 236 g/mol. The van der Waals surface area contributed by atoms with Crippen molar-refractivity contribution in [3.05, 3.63) is 42.0 Å². The number of imidazole rings is 1. The largest absolute Gasteiger partial charge is 0.477 e. The van der Waals surface area contributed by atoms with E-state index in [-0.39, 0.29) is 17.4 Å². The number of carboxylic acid groups (broad SMARTS) is 1. The molecule has 0 aliphatic heterocycles. The number of ether oxygens (including phenoxy) is 1. The molecule has 0 bridgehead atoms. The minimum Gasteiger partial charge on any atom is -0.477 e. The zero-order valence-electron chi connectivity index (χ0n) is 8.92. The number of carbonyl (C=O) groups is 1. The molecule has 0 aliphatic rings. The molecule has 1 aromatic carbocycles. The maximum absolute atomic E-state index is 13.6. The summed E-state index contributed by atoms with van der Waals surface area (Å²) in [5.41, 5.74) is -0.0776. The summed E-state index contributed by atoms with van der Waals surface area (Å²) in [5.74, 6) is -1.75. The van der Waals surface area contributed by atoms with E-state index in [4.69, 9.17) is 9.84 Å². The zero-order chi connectivity index (χ0) is 12.4. The predicted molar refractivity (Wildman–Crippen MR) is 57.0 cm³/mol. The summed E-state index contributed by atoms with van der Waals surface area (Å²) in [6.45, 7) is 0. The Morgan fingerprint density at radius 1 is 1.47 bits per heavy atom.